The molecule has 0 fully saturated rings. The maximum atomic E-state index is 3.53. The van der Waals surface area contributed by atoms with Crippen LogP contribution in [0.5, 0.6) is 0 Å². The summed E-state index contributed by atoms with van der Waals surface area (Å²) in [6, 6.07) is 11.4. The summed E-state index contributed by atoms with van der Waals surface area (Å²) >= 11 is 0. The highest BCUT2D eigenvalue weighted by atomic mass is 14.8. The van der Waals surface area contributed by atoms with Crippen LogP contribution in [0.3, 0.4) is 0 Å². The SMILES string of the molecule is CCCNCc1ccc(C)cc1-c1c(C)cc(C)cc1C. The van der Waals surface area contributed by atoms with E-state index in [4.69, 9.17) is 0 Å². The number of nitrogens with one attached hydrogen (secondary N) is 1. The van der Waals surface area contributed by atoms with E-state index in [1.54, 1.807) is 0 Å². The van der Waals surface area contributed by atoms with Gasteiger partial charge in [0, 0.05) is 6.54 Å². The predicted octanol–water partition coefficient (Wildman–Crippen LogP) is 5.09. The smallest absolute Gasteiger partial charge is 0.0211 e. The van der Waals surface area contributed by atoms with E-state index in [2.05, 4.69) is 70.3 Å². The van der Waals surface area contributed by atoms with Gasteiger partial charge in [0.25, 0.3) is 0 Å². The van der Waals surface area contributed by atoms with Gasteiger partial charge in [-0.2, -0.15) is 0 Å². The van der Waals surface area contributed by atoms with Crippen molar-refractivity contribution in [1.29, 1.82) is 0 Å². The molecule has 0 atom stereocenters. The molecule has 0 heterocycles. The highest BCUT2D eigenvalue weighted by Crippen LogP contribution is 2.32. The minimum Gasteiger partial charge on any atom is -0.313 e. The molecule has 1 heteroatoms. The summed E-state index contributed by atoms with van der Waals surface area (Å²) in [5.74, 6) is 0. The summed E-state index contributed by atoms with van der Waals surface area (Å²) in [7, 11) is 0. The summed E-state index contributed by atoms with van der Waals surface area (Å²) in [5.41, 5.74) is 9.58. The first-order valence-corrected chi connectivity index (χ1v) is 7.91. The van der Waals surface area contributed by atoms with Crippen molar-refractivity contribution in [2.75, 3.05) is 6.54 Å². The van der Waals surface area contributed by atoms with E-state index in [1.807, 2.05) is 0 Å². The number of rotatable bonds is 5. The number of benzene rings is 2. The van der Waals surface area contributed by atoms with Gasteiger partial charge in [-0.05, 0) is 68.5 Å². The molecule has 0 aliphatic rings. The topological polar surface area (TPSA) is 12.0 Å². The Kier molecular flexibility index (Phi) is 5.19. The first-order chi connectivity index (χ1) is 10.0. The molecule has 0 saturated carbocycles. The summed E-state index contributed by atoms with van der Waals surface area (Å²) in [5, 5.41) is 3.53. The third-order valence-corrected chi connectivity index (χ3v) is 3.95. The van der Waals surface area contributed by atoms with E-state index >= 15 is 0 Å². The van der Waals surface area contributed by atoms with Crippen LogP contribution in [0.25, 0.3) is 11.1 Å². The average molecular weight is 281 g/mol. The minimum absolute atomic E-state index is 0.941. The Balaban J connectivity index is 2.49. The molecule has 2 rings (SSSR count). The third kappa shape index (κ3) is 3.74. The molecule has 0 amide bonds. The molecular weight excluding hydrogens is 254 g/mol. The van der Waals surface area contributed by atoms with E-state index in [-0.39, 0.29) is 0 Å². The van der Waals surface area contributed by atoms with Crippen LogP contribution in [0.2, 0.25) is 0 Å². The standard InChI is InChI=1S/C20H27N/c1-6-9-21-13-18-8-7-14(2)12-19(18)20-16(4)10-15(3)11-17(20)5/h7-8,10-12,21H,6,9,13H2,1-5H3. The fraction of sp³-hybridized carbons (Fsp3) is 0.400. The summed E-state index contributed by atoms with van der Waals surface area (Å²) < 4.78 is 0. The van der Waals surface area contributed by atoms with E-state index in [9.17, 15) is 0 Å². The van der Waals surface area contributed by atoms with Gasteiger partial charge in [-0.15, -0.1) is 0 Å². The summed E-state index contributed by atoms with van der Waals surface area (Å²) in [6.07, 6.45) is 1.17. The second-order valence-corrected chi connectivity index (χ2v) is 6.11. The van der Waals surface area contributed by atoms with Crippen molar-refractivity contribution in [1.82, 2.24) is 5.32 Å². The lowest BCUT2D eigenvalue weighted by Crippen LogP contribution is -2.14. The van der Waals surface area contributed by atoms with Gasteiger partial charge in [0.05, 0.1) is 0 Å². The predicted molar refractivity (Wildman–Crippen MR) is 92.8 cm³/mol. The van der Waals surface area contributed by atoms with Gasteiger partial charge in [-0.1, -0.05) is 48.4 Å². The molecule has 0 bridgehead atoms. The van der Waals surface area contributed by atoms with Crippen molar-refractivity contribution in [3.05, 3.63) is 58.1 Å². The lowest BCUT2D eigenvalue weighted by Gasteiger charge is -2.17. The zero-order valence-electron chi connectivity index (χ0n) is 14.0. The van der Waals surface area contributed by atoms with Gasteiger partial charge in [-0.25, -0.2) is 0 Å². The Hall–Kier alpha value is -1.60. The van der Waals surface area contributed by atoms with Crippen molar-refractivity contribution in [3.8, 4) is 11.1 Å². The maximum Gasteiger partial charge on any atom is 0.0211 e. The molecule has 0 unspecified atom stereocenters. The van der Waals surface area contributed by atoms with Crippen molar-refractivity contribution >= 4 is 0 Å². The Morgan fingerprint density at radius 1 is 0.857 bits per heavy atom. The number of aryl methyl sites for hydroxylation is 4. The average Bonchev–Trinajstić information content (AvgIpc) is 2.40. The Bertz CT molecular complexity index is 603. The van der Waals surface area contributed by atoms with Crippen LogP contribution in [0.15, 0.2) is 30.3 Å². The summed E-state index contributed by atoms with van der Waals surface area (Å²) in [4.78, 5) is 0. The number of hydrogen-bond donors (Lipinski definition) is 1. The zero-order valence-corrected chi connectivity index (χ0v) is 14.0. The lowest BCUT2D eigenvalue weighted by atomic mass is 9.90. The van der Waals surface area contributed by atoms with Gasteiger partial charge < -0.3 is 5.32 Å². The molecule has 2 aromatic rings. The monoisotopic (exact) mass is 281 g/mol. The lowest BCUT2D eigenvalue weighted by molar-refractivity contribution is 0.676. The van der Waals surface area contributed by atoms with Crippen LogP contribution in [0.4, 0.5) is 0 Å². The van der Waals surface area contributed by atoms with Gasteiger partial charge >= 0.3 is 0 Å². The van der Waals surface area contributed by atoms with Crippen molar-refractivity contribution in [2.24, 2.45) is 0 Å². The Labute approximate surface area is 129 Å². The Morgan fingerprint density at radius 3 is 2.14 bits per heavy atom. The third-order valence-electron chi connectivity index (χ3n) is 3.95. The number of hydrogen-bond acceptors (Lipinski definition) is 1. The van der Waals surface area contributed by atoms with Crippen LogP contribution >= 0.6 is 0 Å². The molecular formula is C20H27N. The first kappa shape index (κ1) is 15.8. The zero-order chi connectivity index (χ0) is 15.4. The van der Waals surface area contributed by atoms with Gasteiger partial charge in [0.1, 0.15) is 0 Å². The molecule has 0 radical (unpaired) electrons. The summed E-state index contributed by atoms with van der Waals surface area (Å²) in [6.45, 7) is 13.0. The molecule has 21 heavy (non-hydrogen) atoms. The minimum atomic E-state index is 0.941. The second kappa shape index (κ2) is 6.91. The molecule has 112 valence electrons. The fourth-order valence-corrected chi connectivity index (χ4v) is 3.08. The van der Waals surface area contributed by atoms with Crippen LogP contribution in [-0.2, 0) is 6.54 Å². The Morgan fingerprint density at radius 2 is 1.52 bits per heavy atom. The van der Waals surface area contributed by atoms with E-state index < -0.39 is 0 Å². The molecule has 0 spiro atoms. The molecule has 2 aromatic carbocycles. The van der Waals surface area contributed by atoms with Crippen LogP contribution in [0, 0.1) is 27.7 Å². The van der Waals surface area contributed by atoms with Crippen molar-refractivity contribution in [2.45, 2.75) is 47.6 Å². The van der Waals surface area contributed by atoms with Crippen molar-refractivity contribution in [3.63, 3.8) is 0 Å². The maximum absolute atomic E-state index is 3.53. The van der Waals surface area contributed by atoms with Gasteiger partial charge in [-0.3, -0.25) is 0 Å². The normalized spacial score (nSPS) is 10.9. The molecule has 0 aliphatic carbocycles. The van der Waals surface area contributed by atoms with E-state index in [1.165, 1.54) is 45.4 Å². The van der Waals surface area contributed by atoms with E-state index in [0.717, 1.165) is 13.1 Å². The fourth-order valence-electron chi connectivity index (χ4n) is 3.08. The molecule has 0 aliphatic heterocycles. The second-order valence-electron chi connectivity index (χ2n) is 6.11. The molecule has 1 N–H and O–H groups in total. The van der Waals surface area contributed by atoms with Gasteiger partial charge in [0.2, 0.25) is 0 Å². The quantitative estimate of drug-likeness (QED) is 0.753. The molecule has 0 saturated heterocycles. The van der Waals surface area contributed by atoms with Crippen LogP contribution in [0.1, 0.15) is 41.2 Å². The highest BCUT2D eigenvalue weighted by molar-refractivity contribution is 5.74. The van der Waals surface area contributed by atoms with E-state index in [0.29, 0.717) is 0 Å². The highest BCUT2D eigenvalue weighted by Gasteiger charge is 2.11. The molecule has 0 aromatic heterocycles. The first-order valence-electron chi connectivity index (χ1n) is 7.91. The van der Waals surface area contributed by atoms with Crippen molar-refractivity contribution < 1.29 is 0 Å². The van der Waals surface area contributed by atoms with Crippen LogP contribution in [-0.4, -0.2) is 6.54 Å². The van der Waals surface area contributed by atoms with Gasteiger partial charge in [0.15, 0.2) is 0 Å². The van der Waals surface area contributed by atoms with Crippen LogP contribution < -0.4 is 5.32 Å². The largest absolute Gasteiger partial charge is 0.313 e. The molecule has 1 nitrogen and oxygen atoms in total.